The van der Waals surface area contributed by atoms with E-state index in [9.17, 15) is 4.79 Å². The molecule has 0 saturated heterocycles. The monoisotopic (exact) mass is 244 g/mol. The first-order chi connectivity index (χ1) is 8.70. The Kier molecular flexibility index (Phi) is 3.77. The van der Waals surface area contributed by atoms with Gasteiger partial charge >= 0.3 is 0 Å². The van der Waals surface area contributed by atoms with Crippen LogP contribution >= 0.6 is 0 Å². The summed E-state index contributed by atoms with van der Waals surface area (Å²) in [6.45, 7) is 3.92. The summed E-state index contributed by atoms with van der Waals surface area (Å²) < 4.78 is 7.18. The molecule has 0 aliphatic heterocycles. The van der Waals surface area contributed by atoms with Crippen LogP contribution in [0.3, 0.4) is 0 Å². The van der Waals surface area contributed by atoms with Crippen LogP contribution in [0.5, 0.6) is 5.75 Å². The summed E-state index contributed by atoms with van der Waals surface area (Å²) in [5.74, 6) is 0.617. The van der Waals surface area contributed by atoms with E-state index in [1.165, 1.54) is 10.9 Å². The third-order valence-corrected chi connectivity index (χ3v) is 2.67. The van der Waals surface area contributed by atoms with E-state index in [0.717, 1.165) is 11.3 Å². The molecule has 1 heterocycles. The highest BCUT2D eigenvalue weighted by atomic mass is 16.5. The zero-order valence-corrected chi connectivity index (χ0v) is 10.5. The molecule has 0 aliphatic carbocycles. The van der Waals surface area contributed by atoms with Crippen LogP contribution in [0.25, 0.3) is 0 Å². The maximum absolute atomic E-state index is 12.1. The Bertz CT molecular complexity index is 520. The third-order valence-electron chi connectivity index (χ3n) is 2.67. The van der Waals surface area contributed by atoms with E-state index in [2.05, 4.69) is 4.98 Å². The molecule has 1 aromatic carbocycles. The van der Waals surface area contributed by atoms with Gasteiger partial charge in [0.1, 0.15) is 12.1 Å². The highest BCUT2D eigenvalue weighted by Gasteiger charge is 2.19. The van der Waals surface area contributed by atoms with Gasteiger partial charge in [-0.15, -0.1) is 0 Å². The average molecular weight is 244 g/mol. The summed E-state index contributed by atoms with van der Waals surface area (Å²) in [7, 11) is 0. The minimum atomic E-state index is -0.485. The minimum Gasteiger partial charge on any atom is -0.481 e. The lowest BCUT2D eigenvalue weighted by atomic mass is 10.2. The lowest BCUT2D eigenvalue weighted by Gasteiger charge is -2.16. The van der Waals surface area contributed by atoms with E-state index < -0.39 is 6.10 Å². The largest absolute Gasteiger partial charge is 0.481 e. The van der Waals surface area contributed by atoms with E-state index in [1.807, 2.05) is 38.1 Å². The molecule has 0 spiro atoms. The molecule has 0 aliphatic rings. The molecule has 2 rings (SSSR count). The van der Waals surface area contributed by atoms with Gasteiger partial charge < -0.3 is 4.74 Å². The van der Waals surface area contributed by atoms with Crippen LogP contribution in [0.15, 0.2) is 43.0 Å². The van der Waals surface area contributed by atoms with Crippen LogP contribution in [0, 0.1) is 6.92 Å². The molecule has 0 amide bonds. The van der Waals surface area contributed by atoms with Gasteiger partial charge in [0.15, 0.2) is 6.10 Å². The predicted molar refractivity (Wildman–Crippen MR) is 68.7 cm³/mol. The summed E-state index contributed by atoms with van der Waals surface area (Å²) >= 11 is 0. The summed E-state index contributed by atoms with van der Waals surface area (Å²) in [5.41, 5.74) is 1.11. The molecule has 1 unspecified atom stereocenters. The summed E-state index contributed by atoms with van der Waals surface area (Å²) in [6, 6.07) is 7.69. The van der Waals surface area contributed by atoms with Crippen molar-refractivity contribution in [1.29, 1.82) is 0 Å². The van der Waals surface area contributed by atoms with Gasteiger partial charge in [-0.05, 0) is 31.0 Å². The van der Waals surface area contributed by atoms with Crippen LogP contribution in [0.2, 0.25) is 0 Å². The van der Waals surface area contributed by atoms with Gasteiger partial charge in [-0.25, -0.2) is 4.98 Å². The first-order valence-electron chi connectivity index (χ1n) is 5.96. The lowest BCUT2D eigenvalue weighted by molar-refractivity contribution is 0.0695. The van der Waals surface area contributed by atoms with Crippen LogP contribution in [-0.2, 0) is 0 Å². The maximum atomic E-state index is 12.1. The number of hydrogen-bond donors (Lipinski definition) is 0. The topological polar surface area (TPSA) is 44.1 Å². The Labute approximate surface area is 106 Å². The fraction of sp³-hybridized carbons (Fsp3) is 0.286. The molecule has 4 heteroatoms. The number of ether oxygens (including phenoxy) is 1. The highest BCUT2D eigenvalue weighted by molar-refractivity contribution is 5.83. The first-order valence-corrected chi connectivity index (χ1v) is 5.96. The summed E-state index contributed by atoms with van der Waals surface area (Å²) in [5, 5.41) is 0. The fourth-order valence-corrected chi connectivity index (χ4v) is 1.72. The van der Waals surface area contributed by atoms with Crippen molar-refractivity contribution in [3.05, 3.63) is 48.5 Å². The number of carbonyl (C=O) groups excluding carboxylic acids is 1. The van der Waals surface area contributed by atoms with Crippen molar-refractivity contribution >= 4 is 5.91 Å². The normalized spacial score (nSPS) is 12.1. The third kappa shape index (κ3) is 2.77. The predicted octanol–water partition coefficient (Wildman–Crippen LogP) is 2.69. The van der Waals surface area contributed by atoms with Crippen molar-refractivity contribution < 1.29 is 9.53 Å². The van der Waals surface area contributed by atoms with Crippen molar-refractivity contribution in [2.45, 2.75) is 26.4 Å². The molecule has 2 aromatic rings. The Morgan fingerprint density at radius 2 is 2.33 bits per heavy atom. The van der Waals surface area contributed by atoms with E-state index in [-0.39, 0.29) is 5.91 Å². The second-order valence-electron chi connectivity index (χ2n) is 4.14. The molecule has 4 nitrogen and oxygen atoms in total. The smallest absolute Gasteiger partial charge is 0.272 e. The van der Waals surface area contributed by atoms with E-state index in [0.29, 0.717) is 6.42 Å². The summed E-state index contributed by atoms with van der Waals surface area (Å²) in [6.07, 6.45) is 4.83. The van der Waals surface area contributed by atoms with Gasteiger partial charge in [-0.3, -0.25) is 9.36 Å². The Balaban J connectivity index is 2.12. The SMILES string of the molecule is CCC(Oc1cccc(C)c1)C(=O)n1ccnc1. The van der Waals surface area contributed by atoms with Gasteiger partial charge in [-0.2, -0.15) is 0 Å². The van der Waals surface area contributed by atoms with Crippen molar-refractivity contribution in [2.24, 2.45) is 0 Å². The van der Waals surface area contributed by atoms with Crippen molar-refractivity contribution in [1.82, 2.24) is 9.55 Å². The van der Waals surface area contributed by atoms with E-state index in [1.54, 1.807) is 12.4 Å². The quantitative estimate of drug-likeness (QED) is 0.830. The molecular weight excluding hydrogens is 228 g/mol. The molecule has 0 bridgehead atoms. The zero-order chi connectivity index (χ0) is 13.0. The summed E-state index contributed by atoms with van der Waals surface area (Å²) in [4.78, 5) is 16.0. The number of aryl methyl sites for hydroxylation is 1. The van der Waals surface area contributed by atoms with Gasteiger partial charge in [0, 0.05) is 12.4 Å². The number of imidazole rings is 1. The zero-order valence-electron chi connectivity index (χ0n) is 10.5. The Morgan fingerprint density at radius 1 is 1.50 bits per heavy atom. The maximum Gasteiger partial charge on any atom is 0.272 e. The molecule has 1 aromatic heterocycles. The number of benzene rings is 1. The Morgan fingerprint density at radius 3 is 2.94 bits per heavy atom. The standard InChI is InChI=1S/C14H16N2O2/c1-3-13(14(17)16-8-7-15-10-16)18-12-6-4-5-11(2)9-12/h4-10,13H,3H2,1-2H3. The second kappa shape index (κ2) is 5.49. The van der Waals surface area contributed by atoms with E-state index in [4.69, 9.17) is 4.74 Å². The van der Waals surface area contributed by atoms with Crippen LogP contribution in [0.4, 0.5) is 0 Å². The van der Waals surface area contributed by atoms with E-state index >= 15 is 0 Å². The molecule has 0 saturated carbocycles. The Hall–Kier alpha value is -2.10. The minimum absolute atomic E-state index is 0.100. The van der Waals surface area contributed by atoms with Crippen molar-refractivity contribution in [2.75, 3.05) is 0 Å². The number of aromatic nitrogens is 2. The van der Waals surface area contributed by atoms with Crippen LogP contribution in [0.1, 0.15) is 23.7 Å². The highest BCUT2D eigenvalue weighted by Crippen LogP contribution is 2.16. The van der Waals surface area contributed by atoms with Gasteiger partial charge in [0.25, 0.3) is 5.91 Å². The number of carbonyl (C=O) groups is 1. The number of hydrogen-bond acceptors (Lipinski definition) is 3. The molecule has 0 fully saturated rings. The van der Waals surface area contributed by atoms with Gasteiger partial charge in [0.05, 0.1) is 0 Å². The van der Waals surface area contributed by atoms with Gasteiger partial charge in [0.2, 0.25) is 0 Å². The molecule has 1 atom stereocenters. The van der Waals surface area contributed by atoms with Gasteiger partial charge in [-0.1, -0.05) is 19.1 Å². The average Bonchev–Trinajstić information content (AvgIpc) is 2.89. The molecular formula is C14H16N2O2. The molecule has 0 N–H and O–H groups in total. The molecule has 18 heavy (non-hydrogen) atoms. The number of rotatable bonds is 4. The van der Waals surface area contributed by atoms with Crippen molar-refractivity contribution in [3.63, 3.8) is 0 Å². The molecule has 0 radical (unpaired) electrons. The van der Waals surface area contributed by atoms with Crippen LogP contribution < -0.4 is 4.74 Å². The molecule has 94 valence electrons. The fourth-order valence-electron chi connectivity index (χ4n) is 1.72. The first kappa shape index (κ1) is 12.4. The second-order valence-corrected chi connectivity index (χ2v) is 4.14. The lowest BCUT2D eigenvalue weighted by Crippen LogP contribution is -2.30. The number of nitrogens with zero attached hydrogens (tertiary/aromatic N) is 2. The van der Waals surface area contributed by atoms with Crippen molar-refractivity contribution in [3.8, 4) is 5.75 Å². The van der Waals surface area contributed by atoms with Crippen LogP contribution in [-0.4, -0.2) is 21.6 Å².